The number of carbonyl (C=O) groups is 2. The number of aryl methyl sites for hydroxylation is 1. The number of fused-ring (bicyclic) bond motifs is 3. The zero-order chi connectivity index (χ0) is 32.8. The molecule has 12 heteroatoms. The van der Waals surface area contributed by atoms with E-state index in [1.165, 1.54) is 48.5 Å². The van der Waals surface area contributed by atoms with Gasteiger partial charge in [-0.2, -0.15) is 0 Å². The lowest BCUT2D eigenvalue weighted by atomic mass is 9.95. The number of nitrogens with one attached hydrogen (secondary N) is 3. The highest BCUT2D eigenvalue weighted by Crippen LogP contribution is 2.50. The summed E-state index contributed by atoms with van der Waals surface area (Å²) in [5.41, 5.74) is 3.18. The summed E-state index contributed by atoms with van der Waals surface area (Å²) in [5, 5.41) is 8.85. The first kappa shape index (κ1) is 32.8. The number of ether oxygens (including phenoxy) is 6. The Kier molecular flexibility index (Phi) is 10.3. The van der Waals surface area contributed by atoms with Crippen LogP contribution in [-0.2, 0) is 16.0 Å². The smallest absolute Gasteiger partial charge is 0.246 e. The maximum Gasteiger partial charge on any atom is 0.246 e. The molecule has 0 saturated heterocycles. The average molecular weight is 622 g/mol. The molecule has 3 aromatic carbocycles. The maximum absolute atomic E-state index is 13.6. The lowest BCUT2D eigenvalue weighted by molar-refractivity contribution is -0.119. The molecule has 0 bridgehead atoms. The number of rotatable bonds is 11. The van der Waals surface area contributed by atoms with E-state index >= 15 is 0 Å². The second kappa shape index (κ2) is 14.1. The molecule has 12 nitrogen and oxygen atoms in total. The van der Waals surface area contributed by atoms with Crippen LogP contribution in [0, 0.1) is 0 Å². The van der Waals surface area contributed by atoms with Crippen LogP contribution in [0.2, 0.25) is 0 Å². The molecular formula is C33H39N3O9. The maximum atomic E-state index is 13.6. The van der Waals surface area contributed by atoms with E-state index in [1.807, 2.05) is 6.07 Å². The quantitative estimate of drug-likeness (QED) is 0.283. The zero-order valence-corrected chi connectivity index (χ0v) is 26.7. The van der Waals surface area contributed by atoms with Crippen molar-refractivity contribution in [1.82, 2.24) is 5.32 Å². The summed E-state index contributed by atoms with van der Waals surface area (Å²) in [6, 6.07) is 8.74. The van der Waals surface area contributed by atoms with Crippen LogP contribution in [0.25, 0.3) is 11.1 Å². The van der Waals surface area contributed by atoms with Crippen molar-refractivity contribution < 1.29 is 38.0 Å². The van der Waals surface area contributed by atoms with Crippen LogP contribution < -0.4 is 49.8 Å². The minimum atomic E-state index is -0.823. The van der Waals surface area contributed by atoms with Crippen LogP contribution in [0.3, 0.4) is 0 Å². The highest BCUT2D eigenvalue weighted by molar-refractivity contribution is 5.97. The number of amides is 2. The Labute approximate surface area is 261 Å². The summed E-state index contributed by atoms with van der Waals surface area (Å²) in [6.07, 6.45) is 1.10. The third-order valence-corrected chi connectivity index (χ3v) is 7.61. The Bertz CT molecular complexity index is 1630. The molecule has 0 radical (unpaired) electrons. The van der Waals surface area contributed by atoms with E-state index in [4.69, 9.17) is 28.4 Å². The molecule has 0 heterocycles. The van der Waals surface area contributed by atoms with E-state index in [1.54, 1.807) is 38.3 Å². The predicted octanol–water partition coefficient (Wildman–Crippen LogP) is 4.33. The van der Waals surface area contributed by atoms with Gasteiger partial charge in [0.15, 0.2) is 23.0 Å². The van der Waals surface area contributed by atoms with E-state index in [0.29, 0.717) is 64.2 Å². The molecule has 0 saturated carbocycles. The van der Waals surface area contributed by atoms with Gasteiger partial charge in [-0.3, -0.25) is 14.4 Å². The van der Waals surface area contributed by atoms with Gasteiger partial charge in [-0.25, -0.2) is 0 Å². The number of hydrogen-bond donors (Lipinski definition) is 3. The summed E-state index contributed by atoms with van der Waals surface area (Å²) in [7, 11) is 9.07. The highest BCUT2D eigenvalue weighted by atomic mass is 16.5. The molecule has 0 spiro atoms. The van der Waals surface area contributed by atoms with Crippen molar-refractivity contribution in [2.45, 2.75) is 38.8 Å². The van der Waals surface area contributed by atoms with Crippen LogP contribution in [0.1, 0.15) is 37.4 Å². The summed E-state index contributed by atoms with van der Waals surface area (Å²) in [4.78, 5) is 39.1. The largest absolute Gasteiger partial charge is 0.493 e. The van der Waals surface area contributed by atoms with Crippen LogP contribution in [-0.4, -0.2) is 60.5 Å². The molecule has 1 aliphatic carbocycles. The molecule has 0 unspecified atom stereocenters. The lowest BCUT2D eigenvalue weighted by Gasteiger charge is -2.19. The molecule has 2 amide bonds. The van der Waals surface area contributed by atoms with Crippen molar-refractivity contribution in [3.05, 3.63) is 57.7 Å². The summed E-state index contributed by atoms with van der Waals surface area (Å²) >= 11 is 0. The zero-order valence-electron chi connectivity index (χ0n) is 26.7. The fourth-order valence-corrected chi connectivity index (χ4v) is 5.53. The van der Waals surface area contributed by atoms with Gasteiger partial charge in [0, 0.05) is 30.3 Å². The third kappa shape index (κ3) is 6.69. The molecule has 4 rings (SSSR count). The van der Waals surface area contributed by atoms with Gasteiger partial charge in [0.2, 0.25) is 28.7 Å². The van der Waals surface area contributed by atoms with E-state index in [9.17, 15) is 14.4 Å². The topological polar surface area (TPSA) is 143 Å². The summed E-state index contributed by atoms with van der Waals surface area (Å²) in [5.74, 6) is 1.88. The normalized spacial score (nSPS) is 14.0. The first-order valence-corrected chi connectivity index (χ1v) is 14.3. The van der Waals surface area contributed by atoms with Crippen molar-refractivity contribution in [1.29, 1.82) is 0 Å². The molecule has 0 fully saturated rings. The first-order chi connectivity index (χ1) is 21.6. The van der Waals surface area contributed by atoms with Crippen molar-refractivity contribution in [3.63, 3.8) is 0 Å². The Hall–Kier alpha value is -5.13. The summed E-state index contributed by atoms with van der Waals surface area (Å²) in [6.45, 7) is 3.08. The molecule has 240 valence electrons. The Balaban J connectivity index is 1.76. The molecule has 45 heavy (non-hydrogen) atoms. The number of hydrogen-bond acceptors (Lipinski definition) is 10. The Morgan fingerprint density at radius 1 is 0.800 bits per heavy atom. The number of benzene rings is 2. The number of methoxy groups -OCH3 is 6. The monoisotopic (exact) mass is 621 g/mol. The molecule has 1 aliphatic rings. The van der Waals surface area contributed by atoms with E-state index in [0.717, 1.165) is 11.1 Å². The molecule has 3 aromatic rings. The van der Waals surface area contributed by atoms with Crippen molar-refractivity contribution in [2.75, 3.05) is 53.3 Å². The van der Waals surface area contributed by atoms with E-state index in [2.05, 4.69) is 16.0 Å². The van der Waals surface area contributed by atoms with E-state index in [-0.39, 0.29) is 17.0 Å². The molecule has 2 atom stereocenters. The second-order valence-electron chi connectivity index (χ2n) is 10.4. The van der Waals surface area contributed by atoms with Crippen LogP contribution >= 0.6 is 0 Å². The second-order valence-corrected chi connectivity index (χ2v) is 10.4. The third-order valence-electron chi connectivity index (χ3n) is 7.61. The fourth-order valence-electron chi connectivity index (χ4n) is 5.53. The van der Waals surface area contributed by atoms with Gasteiger partial charge in [-0.05, 0) is 54.7 Å². The van der Waals surface area contributed by atoms with Gasteiger partial charge >= 0.3 is 0 Å². The van der Waals surface area contributed by atoms with Crippen LogP contribution in [0.15, 0.2) is 41.2 Å². The molecule has 3 N–H and O–H groups in total. The van der Waals surface area contributed by atoms with Gasteiger partial charge in [0.25, 0.3) is 0 Å². The molecular weight excluding hydrogens is 582 g/mol. The van der Waals surface area contributed by atoms with Crippen molar-refractivity contribution in [2.24, 2.45) is 0 Å². The first-order valence-electron chi connectivity index (χ1n) is 14.3. The van der Waals surface area contributed by atoms with Gasteiger partial charge in [-0.1, -0.05) is 6.07 Å². The molecule has 0 aliphatic heterocycles. The minimum absolute atomic E-state index is 0.193. The van der Waals surface area contributed by atoms with Crippen molar-refractivity contribution >= 4 is 23.2 Å². The minimum Gasteiger partial charge on any atom is -0.493 e. The predicted molar refractivity (Wildman–Crippen MR) is 170 cm³/mol. The Morgan fingerprint density at radius 2 is 1.40 bits per heavy atom. The SMILES string of the molecule is COc1cc(NC(=O)[C@H](C)Nc2ccc3c(cc2=O)[C@@H](NC(C)=O)CCc2cc(OC)c(OC)c(OC)c2-3)cc(OC)c1OC. The van der Waals surface area contributed by atoms with Gasteiger partial charge < -0.3 is 44.4 Å². The lowest BCUT2D eigenvalue weighted by Crippen LogP contribution is -2.33. The highest BCUT2D eigenvalue weighted by Gasteiger charge is 2.29. The number of anilines is 2. The van der Waals surface area contributed by atoms with Crippen LogP contribution in [0.4, 0.5) is 11.4 Å². The van der Waals surface area contributed by atoms with Crippen LogP contribution in [0.5, 0.6) is 34.5 Å². The average Bonchev–Trinajstić information content (AvgIpc) is 3.27. The standard InChI is InChI=1S/C33H39N3O9/c1-17(33(39)36-20-14-27(41-4)30(43-6)28(15-20)42-5)34-24-12-10-21-22(16-25(24)38)23(35-18(2)37)11-9-19-13-26(40-3)31(44-7)32(45-8)29(19)21/h10,12-17,23H,9,11H2,1-8H3,(H,34,38)(H,35,37)(H,36,39)/t17-,23-/m0/s1. The molecule has 0 aromatic heterocycles. The van der Waals surface area contributed by atoms with Gasteiger partial charge in [0.05, 0.1) is 54.4 Å². The summed E-state index contributed by atoms with van der Waals surface area (Å²) < 4.78 is 33.2. The van der Waals surface area contributed by atoms with Gasteiger partial charge in [0.1, 0.15) is 6.04 Å². The number of carbonyl (C=O) groups excluding carboxylic acids is 2. The van der Waals surface area contributed by atoms with E-state index < -0.39 is 18.0 Å². The van der Waals surface area contributed by atoms with Crippen molar-refractivity contribution in [3.8, 4) is 45.6 Å². The Morgan fingerprint density at radius 3 is 1.96 bits per heavy atom. The fraction of sp³-hybridized carbons (Fsp3) is 0.364. The van der Waals surface area contributed by atoms with Gasteiger partial charge in [-0.15, -0.1) is 0 Å².